The maximum absolute atomic E-state index is 12.2. The molecule has 5 heteroatoms. The third-order valence-corrected chi connectivity index (χ3v) is 4.67. The molecule has 0 atom stereocenters. The molecule has 25 heavy (non-hydrogen) atoms. The molecule has 0 spiro atoms. The van der Waals surface area contributed by atoms with E-state index in [1.807, 2.05) is 62.4 Å². The van der Waals surface area contributed by atoms with Gasteiger partial charge in [0.15, 0.2) is 0 Å². The van der Waals surface area contributed by atoms with Crippen LogP contribution in [-0.4, -0.2) is 14.1 Å². The van der Waals surface area contributed by atoms with Gasteiger partial charge in [-0.25, -0.2) is 0 Å². The fourth-order valence-corrected chi connectivity index (χ4v) is 2.97. The van der Waals surface area contributed by atoms with Crippen LogP contribution in [0.5, 0.6) is 0 Å². The molecule has 2 aromatic rings. The first-order valence-electron chi connectivity index (χ1n) is 7.91. The van der Waals surface area contributed by atoms with E-state index in [9.17, 15) is 8.42 Å². The summed E-state index contributed by atoms with van der Waals surface area (Å²) in [6.07, 6.45) is 5.77. The van der Waals surface area contributed by atoms with Crippen molar-refractivity contribution in [1.82, 2.24) is 4.83 Å². The van der Waals surface area contributed by atoms with Crippen molar-refractivity contribution in [3.63, 3.8) is 0 Å². The molecular weight excluding hydrogens is 332 g/mol. The number of hydrazone groups is 1. The normalized spacial score (nSPS) is 13.2. The second-order valence-electron chi connectivity index (χ2n) is 5.79. The van der Waals surface area contributed by atoms with Gasteiger partial charge in [0, 0.05) is 0 Å². The highest BCUT2D eigenvalue weighted by atomic mass is 32.2. The zero-order chi connectivity index (χ0) is 18.3. The number of sulfonamides is 1. The van der Waals surface area contributed by atoms with Crippen LogP contribution in [0.15, 0.2) is 82.3 Å². The average Bonchev–Trinajstić information content (AvgIpc) is 2.60. The lowest BCUT2D eigenvalue weighted by atomic mass is 10.1. The van der Waals surface area contributed by atoms with Gasteiger partial charge in [0.1, 0.15) is 0 Å². The highest BCUT2D eigenvalue weighted by Gasteiger charge is 2.11. The molecule has 0 aliphatic rings. The Morgan fingerprint density at radius 2 is 1.64 bits per heavy atom. The summed E-state index contributed by atoms with van der Waals surface area (Å²) < 4.78 is 24.4. The molecule has 0 unspecified atom stereocenters. The van der Waals surface area contributed by atoms with E-state index in [4.69, 9.17) is 0 Å². The third-order valence-electron chi connectivity index (χ3n) is 3.45. The van der Waals surface area contributed by atoms with Crippen LogP contribution in [0.25, 0.3) is 6.08 Å². The Morgan fingerprint density at radius 3 is 2.28 bits per heavy atom. The predicted octanol–water partition coefficient (Wildman–Crippen LogP) is 4.31. The number of allylic oxidation sites excluding steroid dienone is 3. The lowest BCUT2D eigenvalue weighted by Gasteiger charge is -2.04. The molecule has 0 bridgehead atoms. The average molecular weight is 354 g/mol. The zero-order valence-corrected chi connectivity index (χ0v) is 15.4. The number of aryl methyl sites for hydroxylation is 1. The summed E-state index contributed by atoms with van der Waals surface area (Å²) in [7, 11) is -3.65. The number of nitrogens with one attached hydrogen (secondary N) is 1. The molecule has 2 aromatic carbocycles. The maximum atomic E-state index is 12.2. The number of rotatable bonds is 6. The van der Waals surface area contributed by atoms with Crippen molar-refractivity contribution in [2.24, 2.45) is 5.10 Å². The molecule has 0 aromatic heterocycles. The van der Waals surface area contributed by atoms with Crippen molar-refractivity contribution in [2.75, 3.05) is 0 Å². The predicted molar refractivity (Wildman–Crippen MR) is 104 cm³/mol. The quantitative estimate of drug-likeness (QED) is 0.477. The summed E-state index contributed by atoms with van der Waals surface area (Å²) >= 11 is 0. The summed E-state index contributed by atoms with van der Waals surface area (Å²) in [5, 5.41) is 3.96. The Balaban J connectivity index is 2.05. The van der Waals surface area contributed by atoms with E-state index < -0.39 is 10.0 Å². The van der Waals surface area contributed by atoms with Crippen molar-refractivity contribution in [1.29, 1.82) is 0 Å². The molecule has 4 nitrogen and oxygen atoms in total. The van der Waals surface area contributed by atoms with Crippen LogP contribution in [0.4, 0.5) is 0 Å². The molecular formula is C20H22N2O2S. The fourth-order valence-electron chi connectivity index (χ4n) is 2.10. The number of hydrogen-bond donors (Lipinski definition) is 1. The van der Waals surface area contributed by atoms with E-state index in [0.29, 0.717) is 5.71 Å². The molecule has 0 amide bonds. The van der Waals surface area contributed by atoms with E-state index in [1.165, 1.54) is 0 Å². The second kappa shape index (κ2) is 8.44. The standard InChI is InChI=1S/C20H22N2O2S/c1-16-10-13-20(14-11-16)25(23,24)22-21-18(3)15-17(2)9-12-19-7-5-4-6-8-19/h4-15,22H,1-3H3/b12-9+,17-15+,21-18+. The molecule has 0 heterocycles. The Bertz CT molecular complexity index is 894. The van der Waals surface area contributed by atoms with Gasteiger partial charge >= 0.3 is 0 Å². The van der Waals surface area contributed by atoms with Crippen molar-refractivity contribution >= 4 is 21.8 Å². The van der Waals surface area contributed by atoms with E-state index in [-0.39, 0.29) is 4.90 Å². The van der Waals surface area contributed by atoms with E-state index in [1.54, 1.807) is 31.2 Å². The molecule has 0 fully saturated rings. The highest BCUT2D eigenvalue weighted by Crippen LogP contribution is 2.10. The van der Waals surface area contributed by atoms with Crippen molar-refractivity contribution in [3.8, 4) is 0 Å². The number of benzene rings is 2. The third kappa shape index (κ3) is 6.04. The van der Waals surface area contributed by atoms with Crippen LogP contribution in [-0.2, 0) is 10.0 Å². The topological polar surface area (TPSA) is 58.5 Å². The van der Waals surface area contributed by atoms with E-state index >= 15 is 0 Å². The van der Waals surface area contributed by atoms with Crippen LogP contribution in [0, 0.1) is 6.92 Å². The highest BCUT2D eigenvalue weighted by molar-refractivity contribution is 7.89. The van der Waals surface area contributed by atoms with Crippen LogP contribution in [0.3, 0.4) is 0 Å². The fraction of sp³-hybridized carbons (Fsp3) is 0.150. The Hall–Kier alpha value is -2.66. The lowest BCUT2D eigenvalue weighted by molar-refractivity contribution is 0.584. The minimum absolute atomic E-state index is 0.194. The van der Waals surface area contributed by atoms with Gasteiger partial charge in [0.05, 0.1) is 10.6 Å². The smallest absolute Gasteiger partial charge is 0.200 e. The van der Waals surface area contributed by atoms with Gasteiger partial charge in [-0.1, -0.05) is 60.2 Å². The molecule has 0 aliphatic carbocycles. The van der Waals surface area contributed by atoms with E-state index in [2.05, 4.69) is 9.93 Å². The van der Waals surface area contributed by atoms with Gasteiger partial charge in [0.25, 0.3) is 10.0 Å². The van der Waals surface area contributed by atoms with Gasteiger partial charge < -0.3 is 0 Å². The van der Waals surface area contributed by atoms with Gasteiger partial charge in [-0.3, -0.25) is 0 Å². The Labute approximate surface area is 149 Å². The van der Waals surface area contributed by atoms with Crippen molar-refractivity contribution in [3.05, 3.63) is 83.4 Å². The summed E-state index contributed by atoms with van der Waals surface area (Å²) in [5.41, 5.74) is 3.65. The molecule has 0 radical (unpaired) electrons. The van der Waals surface area contributed by atoms with E-state index in [0.717, 1.165) is 16.7 Å². The Kier molecular flexibility index (Phi) is 6.31. The van der Waals surface area contributed by atoms with Gasteiger partial charge in [-0.2, -0.15) is 18.4 Å². The molecule has 0 saturated carbocycles. The summed E-state index contributed by atoms with van der Waals surface area (Å²) in [5.74, 6) is 0. The summed E-state index contributed by atoms with van der Waals surface area (Å²) in [6.45, 7) is 5.59. The lowest BCUT2D eigenvalue weighted by Crippen LogP contribution is -2.19. The molecule has 0 saturated heterocycles. The van der Waals surface area contributed by atoms with Crippen LogP contribution < -0.4 is 4.83 Å². The van der Waals surface area contributed by atoms with Crippen LogP contribution >= 0.6 is 0 Å². The first-order valence-corrected chi connectivity index (χ1v) is 9.39. The summed E-state index contributed by atoms with van der Waals surface area (Å²) in [4.78, 5) is 2.46. The van der Waals surface area contributed by atoms with Gasteiger partial charge in [0.2, 0.25) is 0 Å². The monoisotopic (exact) mass is 354 g/mol. The van der Waals surface area contributed by atoms with Crippen molar-refractivity contribution < 1.29 is 8.42 Å². The Morgan fingerprint density at radius 1 is 1.00 bits per heavy atom. The summed E-state index contributed by atoms with van der Waals surface area (Å²) in [6, 6.07) is 16.6. The van der Waals surface area contributed by atoms with Crippen LogP contribution in [0.2, 0.25) is 0 Å². The molecule has 0 aliphatic heterocycles. The van der Waals surface area contributed by atoms with Gasteiger partial charge in [-0.05, 0) is 50.1 Å². The SMILES string of the molecule is CC(/C=C/c1ccccc1)=C\C(C)=N\NS(=O)(=O)c1ccc(C)cc1. The molecule has 1 N–H and O–H groups in total. The first-order chi connectivity index (χ1) is 11.9. The largest absolute Gasteiger partial charge is 0.276 e. The number of nitrogens with zero attached hydrogens (tertiary/aromatic N) is 1. The minimum Gasteiger partial charge on any atom is -0.200 e. The first kappa shape index (κ1) is 18.7. The van der Waals surface area contributed by atoms with Crippen molar-refractivity contribution in [2.45, 2.75) is 25.7 Å². The minimum atomic E-state index is -3.65. The maximum Gasteiger partial charge on any atom is 0.276 e. The zero-order valence-electron chi connectivity index (χ0n) is 14.6. The second-order valence-corrected chi connectivity index (χ2v) is 7.45. The van der Waals surface area contributed by atoms with Gasteiger partial charge in [-0.15, -0.1) is 0 Å². The van der Waals surface area contributed by atoms with Crippen LogP contribution in [0.1, 0.15) is 25.0 Å². The number of hydrogen-bond acceptors (Lipinski definition) is 3. The molecule has 130 valence electrons. The molecule has 2 rings (SSSR count).